The molecule has 0 radical (unpaired) electrons. The standard InChI is InChI=1S/C32H23F10N5O/c1-46-44-29(43-45-46)47(16-20-11-23(31(37,38)39)14-24(12-20)32(40,41)42)17-21-13-22(30(34,35)36)7-9-26(21)27-10-8-25(15-28(27)33)48-18-19-5-3-2-4-6-19/h2-15H,16-18H2,1H3. The number of aryl methyl sites for hydroxylation is 1. The normalized spacial score (nSPS) is 12.3. The van der Waals surface area contributed by atoms with E-state index in [1.165, 1.54) is 19.2 Å². The van der Waals surface area contributed by atoms with E-state index in [1.807, 2.05) is 0 Å². The number of tetrazole rings is 1. The molecule has 0 saturated heterocycles. The fourth-order valence-corrected chi connectivity index (χ4v) is 4.84. The molecule has 0 aliphatic carbocycles. The van der Waals surface area contributed by atoms with E-state index in [1.54, 1.807) is 30.3 Å². The van der Waals surface area contributed by atoms with E-state index in [2.05, 4.69) is 15.4 Å². The molecule has 16 heteroatoms. The lowest BCUT2D eigenvalue weighted by Crippen LogP contribution is -2.25. The Kier molecular flexibility index (Phi) is 9.37. The second kappa shape index (κ2) is 13.2. The highest BCUT2D eigenvalue weighted by Crippen LogP contribution is 2.38. The van der Waals surface area contributed by atoms with Crippen LogP contribution in [0.4, 0.5) is 49.9 Å². The second-order valence-corrected chi connectivity index (χ2v) is 10.6. The Morgan fingerprint density at radius 1 is 0.667 bits per heavy atom. The number of halogens is 10. The monoisotopic (exact) mass is 683 g/mol. The Morgan fingerprint density at radius 3 is 1.85 bits per heavy atom. The van der Waals surface area contributed by atoms with Crippen molar-refractivity contribution in [2.24, 2.45) is 7.05 Å². The first-order valence-electron chi connectivity index (χ1n) is 13.9. The molecule has 0 spiro atoms. The van der Waals surface area contributed by atoms with Gasteiger partial charge in [-0.05, 0) is 69.9 Å². The number of anilines is 1. The molecular formula is C32H23F10N5O. The van der Waals surface area contributed by atoms with Crippen LogP contribution in [0, 0.1) is 5.82 Å². The van der Waals surface area contributed by atoms with Crippen molar-refractivity contribution in [1.82, 2.24) is 20.2 Å². The Hall–Kier alpha value is -5.15. The number of hydrogen-bond donors (Lipinski definition) is 0. The lowest BCUT2D eigenvalue weighted by atomic mass is 9.96. The zero-order valence-electron chi connectivity index (χ0n) is 24.6. The number of ether oxygens (including phenoxy) is 1. The fourth-order valence-electron chi connectivity index (χ4n) is 4.84. The van der Waals surface area contributed by atoms with Crippen molar-refractivity contribution >= 4 is 5.95 Å². The largest absolute Gasteiger partial charge is 0.489 e. The molecule has 0 unspecified atom stereocenters. The molecule has 0 bridgehead atoms. The third-order valence-electron chi connectivity index (χ3n) is 7.07. The van der Waals surface area contributed by atoms with Gasteiger partial charge in [-0.25, -0.2) is 4.39 Å². The molecule has 0 atom stereocenters. The average molecular weight is 684 g/mol. The molecule has 1 heterocycles. The Morgan fingerprint density at radius 2 is 1.29 bits per heavy atom. The van der Waals surface area contributed by atoms with Gasteiger partial charge in [0.2, 0.25) is 0 Å². The highest BCUT2D eigenvalue weighted by atomic mass is 19.4. The summed E-state index contributed by atoms with van der Waals surface area (Å²) in [7, 11) is 1.33. The van der Waals surface area contributed by atoms with E-state index >= 15 is 4.39 Å². The number of aromatic nitrogens is 4. The van der Waals surface area contributed by atoms with Gasteiger partial charge in [-0.3, -0.25) is 0 Å². The quantitative estimate of drug-likeness (QED) is 0.145. The maximum Gasteiger partial charge on any atom is 0.416 e. The van der Waals surface area contributed by atoms with Gasteiger partial charge in [-0.15, -0.1) is 5.10 Å². The summed E-state index contributed by atoms with van der Waals surface area (Å²) in [5, 5.41) is 11.4. The first-order chi connectivity index (χ1) is 22.5. The highest BCUT2D eigenvalue weighted by molar-refractivity contribution is 5.70. The SMILES string of the molecule is Cn1nnc(N(Cc2cc(C(F)(F)F)cc(C(F)(F)F)c2)Cc2cc(C(F)(F)F)ccc2-c2ccc(OCc3ccccc3)cc2F)n1. The number of rotatable bonds is 9. The van der Waals surface area contributed by atoms with Gasteiger partial charge in [-0.1, -0.05) is 41.5 Å². The average Bonchev–Trinajstić information content (AvgIpc) is 3.45. The van der Waals surface area contributed by atoms with Gasteiger partial charge in [0.05, 0.1) is 23.7 Å². The van der Waals surface area contributed by atoms with Gasteiger partial charge in [0, 0.05) is 24.7 Å². The summed E-state index contributed by atoms with van der Waals surface area (Å²) in [4.78, 5) is 1.98. The predicted octanol–water partition coefficient (Wildman–Crippen LogP) is 8.86. The summed E-state index contributed by atoms with van der Waals surface area (Å²) in [6, 6.07) is 16.1. The van der Waals surface area contributed by atoms with Crippen LogP contribution in [0.5, 0.6) is 5.75 Å². The van der Waals surface area contributed by atoms with E-state index in [0.29, 0.717) is 18.2 Å². The number of alkyl halides is 9. The first-order valence-corrected chi connectivity index (χ1v) is 13.9. The Bertz CT molecular complexity index is 1850. The predicted molar refractivity (Wildman–Crippen MR) is 153 cm³/mol. The van der Waals surface area contributed by atoms with Crippen molar-refractivity contribution in [2.75, 3.05) is 4.90 Å². The van der Waals surface area contributed by atoms with Gasteiger partial charge < -0.3 is 9.64 Å². The zero-order chi connectivity index (χ0) is 34.9. The third-order valence-corrected chi connectivity index (χ3v) is 7.07. The topological polar surface area (TPSA) is 56.1 Å². The van der Waals surface area contributed by atoms with E-state index < -0.39 is 59.7 Å². The van der Waals surface area contributed by atoms with Crippen LogP contribution in [0.15, 0.2) is 84.9 Å². The molecule has 0 amide bonds. The van der Waals surface area contributed by atoms with Gasteiger partial charge >= 0.3 is 18.5 Å². The van der Waals surface area contributed by atoms with E-state index in [-0.39, 0.29) is 41.1 Å². The molecule has 48 heavy (non-hydrogen) atoms. The third kappa shape index (κ3) is 8.22. The minimum Gasteiger partial charge on any atom is -0.489 e. The molecule has 5 aromatic rings. The van der Waals surface area contributed by atoms with E-state index in [0.717, 1.165) is 33.5 Å². The molecule has 6 nitrogen and oxygen atoms in total. The van der Waals surface area contributed by atoms with Crippen LogP contribution in [0.1, 0.15) is 33.4 Å². The van der Waals surface area contributed by atoms with Crippen LogP contribution in [-0.2, 0) is 45.3 Å². The fraction of sp³-hybridized carbons (Fsp3) is 0.219. The Balaban J connectivity index is 1.55. The molecule has 0 N–H and O–H groups in total. The molecule has 0 fully saturated rings. The molecular weight excluding hydrogens is 660 g/mol. The molecule has 252 valence electrons. The van der Waals surface area contributed by atoms with Crippen molar-refractivity contribution in [3.8, 4) is 16.9 Å². The van der Waals surface area contributed by atoms with Crippen LogP contribution in [0.2, 0.25) is 0 Å². The molecule has 0 aliphatic heterocycles. The lowest BCUT2D eigenvalue weighted by molar-refractivity contribution is -0.143. The highest BCUT2D eigenvalue weighted by Gasteiger charge is 2.37. The summed E-state index contributed by atoms with van der Waals surface area (Å²) in [6.07, 6.45) is -15.1. The van der Waals surface area contributed by atoms with Gasteiger partial charge in [0.25, 0.3) is 5.95 Å². The summed E-state index contributed by atoms with van der Waals surface area (Å²) in [5.74, 6) is -1.06. The first kappa shape index (κ1) is 34.2. The molecule has 4 aromatic carbocycles. The van der Waals surface area contributed by atoms with Crippen LogP contribution in [-0.4, -0.2) is 20.2 Å². The number of benzene rings is 4. The summed E-state index contributed by atoms with van der Waals surface area (Å²) in [5.41, 5.74) is -4.36. The van der Waals surface area contributed by atoms with Crippen molar-refractivity contribution in [1.29, 1.82) is 0 Å². The summed E-state index contributed by atoms with van der Waals surface area (Å²) < 4.78 is 144. The number of hydrogen-bond acceptors (Lipinski definition) is 5. The smallest absolute Gasteiger partial charge is 0.416 e. The maximum atomic E-state index is 15.5. The van der Waals surface area contributed by atoms with E-state index in [4.69, 9.17) is 4.74 Å². The van der Waals surface area contributed by atoms with Crippen molar-refractivity contribution < 1.29 is 48.6 Å². The minimum atomic E-state index is -5.14. The second-order valence-electron chi connectivity index (χ2n) is 10.6. The molecule has 0 saturated carbocycles. The molecule has 5 rings (SSSR count). The summed E-state index contributed by atoms with van der Waals surface area (Å²) in [6.45, 7) is -1.21. The van der Waals surface area contributed by atoms with Gasteiger partial charge in [-0.2, -0.15) is 44.3 Å². The van der Waals surface area contributed by atoms with Crippen LogP contribution in [0.3, 0.4) is 0 Å². The van der Waals surface area contributed by atoms with Crippen molar-refractivity contribution in [2.45, 2.75) is 38.2 Å². The zero-order valence-corrected chi connectivity index (χ0v) is 24.6. The maximum absolute atomic E-state index is 15.5. The van der Waals surface area contributed by atoms with Crippen LogP contribution >= 0.6 is 0 Å². The van der Waals surface area contributed by atoms with Crippen LogP contribution < -0.4 is 9.64 Å². The number of nitrogens with zero attached hydrogens (tertiary/aromatic N) is 5. The van der Waals surface area contributed by atoms with Gasteiger partial charge in [0.15, 0.2) is 0 Å². The van der Waals surface area contributed by atoms with Crippen molar-refractivity contribution in [3.05, 3.63) is 124 Å². The molecule has 0 aliphatic rings. The van der Waals surface area contributed by atoms with Crippen molar-refractivity contribution in [3.63, 3.8) is 0 Å². The Labute approximate surface area is 266 Å². The minimum absolute atomic E-state index is 0.0379. The van der Waals surface area contributed by atoms with Crippen LogP contribution in [0.25, 0.3) is 11.1 Å². The van der Waals surface area contributed by atoms with Gasteiger partial charge in [0.1, 0.15) is 18.2 Å². The lowest BCUT2D eigenvalue weighted by Gasteiger charge is -2.24. The van der Waals surface area contributed by atoms with E-state index in [9.17, 15) is 39.5 Å². The summed E-state index contributed by atoms with van der Waals surface area (Å²) >= 11 is 0. The molecule has 1 aromatic heterocycles.